The number of hydrogen-bond acceptors (Lipinski definition) is 4. The lowest BCUT2D eigenvalue weighted by molar-refractivity contribution is -0.274. The molecule has 0 unspecified atom stereocenters. The molecule has 8 heteroatoms. The SMILES string of the molecule is CC(C)c1ccccc1N/N=C/c1ccc2nc(-c3ccc(OC(F)(F)F)cc3)n(C)c2c1. The van der Waals surface area contributed by atoms with Crippen LogP contribution in [0.3, 0.4) is 0 Å². The molecule has 0 saturated heterocycles. The Hall–Kier alpha value is -3.81. The fourth-order valence-corrected chi connectivity index (χ4v) is 3.63. The van der Waals surface area contributed by atoms with Crippen molar-refractivity contribution in [1.29, 1.82) is 0 Å². The number of alkyl halides is 3. The smallest absolute Gasteiger partial charge is 0.406 e. The van der Waals surface area contributed by atoms with Crippen LogP contribution in [0.25, 0.3) is 22.4 Å². The van der Waals surface area contributed by atoms with Crippen LogP contribution in [-0.2, 0) is 7.05 Å². The minimum absolute atomic E-state index is 0.268. The highest BCUT2D eigenvalue weighted by Gasteiger charge is 2.31. The van der Waals surface area contributed by atoms with Gasteiger partial charge in [0.05, 0.1) is 22.9 Å². The van der Waals surface area contributed by atoms with Crippen LogP contribution < -0.4 is 10.2 Å². The van der Waals surface area contributed by atoms with E-state index in [4.69, 9.17) is 0 Å². The summed E-state index contributed by atoms with van der Waals surface area (Å²) in [5.74, 6) is 0.749. The molecular formula is C25H23F3N4O. The van der Waals surface area contributed by atoms with Crippen molar-refractivity contribution in [3.05, 3.63) is 77.9 Å². The second-order valence-electron chi connectivity index (χ2n) is 7.93. The number of rotatable bonds is 6. The summed E-state index contributed by atoms with van der Waals surface area (Å²) in [5, 5.41) is 4.38. The molecule has 0 atom stereocenters. The number of nitrogens with one attached hydrogen (secondary N) is 1. The zero-order valence-electron chi connectivity index (χ0n) is 18.4. The maximum absolute atomic E-state index is 12.4. The summed E-state index contributed by atoms with van der Waals surface area (Å²) in [7, 11) is 1.86. The normalized spacial score (nSPS) is 12.1. The van der Waals surface area contributed by atoms with E-state index in [2.05, 4.69) is 40.2 Å². The largest absolute Gasteiger partial charge is 0.573 e. The first-order valence-electron chi connectivity index (χ1n) is 10.4. The molecule has 1 heterocycles. The number of aromatic nitrogens is 2. The monoisotopic (exact) mass is 452 g/mol. The molecule has 170 valence electrons. The molecule has 33 heavy (non-hydrogen) atoms. The standard InChI is InChI=1S/C25H23F3N4O/c1-16(2)20-6-4-5-7-21(20)31-29-15-17-8-13-22-23(14-17)32(3)24(30-22)18-9-11-19(12-10-18)33-25(26,27)28/h4-16,31H,1-3H3/b29-15+. The number of nitrogens with zero attached hydrogens (tertiary/aromatic N) is 3. The Kier molecular flexibility index (Phi) is 6.09. The van der Waals surface area contributed by atoms with E-state index in [-0.39, 0.29) is 5.75 Å². The molecule has 0 aliphatic heterocycles. The lowest BCUT2D eigenvalue weighted by Crippen LogP contribution is -2.16. The zero-order valence-corrected chi connectivity index (χ0v) is 18.4. The lowest BCUT2D eigenvalue weighted by Gasteiger charge is -2.11. The summed E-state index contributed by atoms with van der Waals surface area (Å²) in [5.41, 5.74) is 8.50. The Morgan fingerprint density at radius 1 is 1.03 bits per heavy atom. The third kappa shape index (κ3) is 5.16. The molecule has 5 nitrogen and oxygen atoms in total. The van der Waals surface area contributed by atoms with E-state index < -0.39 is 6.36 Å². The van der Waals surface area contributed by atoms with E-state index in [9.17, 15) is 13.2 Å². The second kappa shape index (κ2) is 8.97. The summed E-state index contributed by atoms with van der Waals surface area (Å²) in [4.78, 5) is 4.63. The van der Waals surface area contributed by atoms with Crippen molar-refractivity contribution in [2.75, 3.05) is 5.43 Å². The van der Waals surface area contributed by atoms with E-state index in [1.54, 1.807) is 18.3 Å². The van der Waals surface area contributed by atoms with E-state index in [0.29, 0.717) is 17.3 Å². The van der Waals surface area contributed by atoms with E-state index >= 15 is 0 Å². The van der Waals surface area contributed by atoms with Crippen LogP contribution in [0, 0.1) is 0 Å². The van der Waals surface area contributed by atoms with Gasteiger partial charge in [-0.25, -0.2) is 4.98 Å². The van der Waals surface area contributed by atoms with Crippen molar-refractivity contribution >= 4 is 22.9 Å². The number of benzene rings is 3. The highest BCUT2D eigenvalue weighted by molar-refractivity contribution is 5.89. The van der Waals surface area contributed by atoms with Crippen molar-refractivity contribution in [1.82, 2.24) is 9.55 Å². The number of hydrogen-bond donors (Lipinski definition) is 1. The number of imidazole rings is 1. The Morgan fingerprint density at radius 2 is 1.76 bits per heavy atom. The van der Waals surface area contributed by atoms with E-state index in [1.165, 1.54) is 17.7 Å². The number of aryl methyl sites for hydroxylation is 1. The van der Waals surface area contributed by atoms with Crippen molar-refractivity contribution in [3.63, 3.8) is 0 Å². The van der Waals surface area contributed by atoms with Crippen molar-refractivity contribution in [3.8, 4) is 17.1 Å². The molecular weight excluding hydrogens is 429 g/mol. The van der Waals surface area contributed by atoms with Crippen LogP contribution in [-0.4, -0.2) is 22.1 Å². The van der Waals surface area contributed by atoms with Gasteiger partial charge < -0.3 is 9.30 Å². The van der Waals surface area contributed by atoms with Crippen molar-refractivity contribution in [2.45, 2.75) is 26.1 Å². The molecule has 4 aromatic rings. The van der Waals surface area contributed by atoms with Gasteiger partial charge in [0.2, 0.25) is 0 Å². The molecule has 0 radical (unpaired) electrons. The quantitative estimate of drug-likeness (QED) is 0.261. The van der Waals surface area contributed by atoms with Gasteiger partial charge in [-0.3, -0.25) is 5.43 Å². The van der Waals surface area contributed by atoms with Gasteiger partial charge in [0, 0.05) is 12.6 Å². The Morgan fingerprint density at radius 3 is 2.45 bits per heavy atom. The summed E-state index contributed by atoms with van der Waals surface area (Å²) in [6, 6.07) is 19.5. The molecule has 0 aliphatic rings. The highest BCUT2D eigenvalue weighted by atomic mass is 19.4. The van der Waals surface area contributed by atoms with Gasteiger partial charge in [-0.05, 0) is 59.5 Å². The highest BCUT2D eigenvalue weighted by Crippen LogP contribution is 2.28. The first-order valence-corrected chi connectivity index (χ1v) is 10.4. The molecule has 0 aliphatic carbocycles. The van der Waals surface area contributed by atoms with Crippen LogP contribution in [0.1, 0.15) is 30.9 Å². The van der Waals surface area contributed by atoms with Crippen LogP contribution in [0.5, 0.6) is 5.75 Å². The molecule has 4 rings (SSSR count). The molecule has 0 spiro atoms. The molecule has 0 bridgehead atoms. The Bertz CT molecular complexity index is 1290. The van der Waals surface area contributed by atoms with Crippen LogP contribution >= 0.6 is 0 Å². The number of halogens is 3. The fourth-order valence-electron chi connectivity index (χ4n) is 3.63. The maximum Gasteiger partial charge on any atom is 0.573 e. The maximum atomic E-state index is 12.4. The summed E-state index contributed by atoms with van der Waals surface area (Å²) in [6.07, 6.45) is -2.98. The van der Waals surface area contributed by atoms with Crippen LogP contribution in [0.15, 0.2) is 71.8 Å². The number of hydrazone groups is 1. The Labute approximate surface area is 189 Å². The average molecular weight is 452 g/mol. The van der Waals surface area contributed by atoms with Crippen molar-refractivity contribution in [2.24, 2.45) is 12.1 Å². The van der Waals surface area contributed by atoms with E-state index in [1.807, 2.05) is 48.0 Å². The second-order valence-corrected chi connectivity index (χ2v) is 7.93. The fraction of sp³-hybridized carbons (Fsp3) is 0.200. The minimum Gasteiger partial charge on any atom is -0.406 e. The lowest BCUT2D eigenvalue weighted by atomic mass is 10.0. The van der Waals surface area contributed by atoms with Gasteiger partial charge >= 0.3 is 6.36 Å². The van der Waals surface area contributed by atoms with Crippen LogP contribution in [0.2, 0.25) is 0 Å². The molecule has 0 amide bonds. The predicted octanol–water partition coefficient (Wildman–Crippen LogP) is 6.71. The molecule has 1 N–H and O–H groups in total. The molecule has 1 aromatic heterocycles. The summed E-state index contributed by atoms with van der Waals surface area (Å²) < 4.78 is 43.0. The van der Waals surface area contributed by atoms with Gasteiger partial charge in [0.1, 0.15) is 11.6 Å². The topological polar surface area (TPSA) is 51.4 Å². The zero-order chi connectivity index (χ0) is 23.6. The summed E-state index contributed by atoms with van der Waals surface area (Å²) >= 11 is 0. The number of ether oxygens (including phenoxy) is 1. The van der Waals surface area contributed by atoms with E-state index in [0.717, 1.165) is 22.3 Å². The first-order chi connectivity index (χ1) is 15.7. The predicted molar refractivity (Wildman–Crippen MR) is 125 cm³/mol. The van der Waals surface area contributed by atoms with Gasteiger partial charge in [-0.2, -0.15) is 5.10 Å². The number of para-hydroxylation sites is 1. The van der Waals surface area contributed by atoms with Gasteiger partial charge in [-0.15, -0.1) is 13.2 Å². The number of anilines is 1. The van der Waals surface area contributed by atoms with Gasteiger partial charge in [0.15, 0.2) is 0 Å². The Balaban J connectivity index is 1.56. The molecule has 3 aromatic carbocycles. The number of fused-ring (bicyclic) bond motifs is 1. The molecule has 0 fully saturated rings. The molecule has 0 saturated carbocycles. The van der Waals surface area contributed by atoms with Gasteiger partial charge in [-0.1, -0.05) is 38.1 Å². The minimum atomic E-state index is -4.72. The third-order valence-electron chi connectivity index (χ3n) is 5.23. The van der Waals surface area contributed by atoms with Crippen LogP contribution in [0.4, 0.5) is 18.9 Å². The average Bonchev–Trinajstić information content (AvgIpc) is 3.09. The summed E-state index contributed by atoms with van der Waals surface area (Å²) in [6.45, 7) is 4.27. The first kappa shape index (κ1) is 22.4. The third-order valence-corrected chi connectivity index (χ3v) is 5.23. The van der Waals surface area contributed by atoms with Gasteiger partial charge in [0.25, 0.3) is 0 Å². The van der Waals surface area contributed by atoms with Crippen molar-refractivity contribution < 1.29 is 17.9 Å².